The molecule has 11 heteroatoms. The Labute approximate surface area is 159 Å². The molecule has 1 aromatic heterocycles. The fraction of sp³-hybridized carbons (Fsp3) is 0.125. The lowest BCUT2D eigenvalue weighted by atomic mass is 10.3. The number of methoxy groups -OCH3 is 1. The summed E-state index contributed by atoms with van der Waals surface area (Å²) in [4.78, 5) is 16.2. The number of anilines is 2. The maximum atomic E-state index is 12.3. The Morgan fingerprint density at radius 3 is 2.63 bits per heavy atom. The summed E-state index contributed by atoms with van der Waals surface area (Å²) >= 11 is 7.00. The summed E-state index contributed by atoms with van der Waals surface area (Å²) in [6.07, 6.45) is -4.78. The van der Waals surface area contributed by atoms with Crippen molar-refractivity contribution in [2.75, 3.05) is 17.7 Å². The molecule has 3 aromatic rings. The van der Waals surface area contributed by atoms with Crippen molar-refractivity contribution in [2.24, 2.45) is 0 Å². The molecule has 0 radical (unpaired) electrons. The lowest BCUT2D eigenvalue weighted by Gasteiger charge is -2.08. The summed E-state index contributed by atoms with van der Waals surface area (Å²) in [7, 11) is 1.47. The SMILES string of the molecule is COc1ccc(NC(=O)Nc2nc3ccc(OC(F)(F)F)cc3s2)cc1Cl. The van der Waals surface area contributed by atoms with Gasteiger partial charge in [0.2, 0.25) is 0 Å². The number of urea groups is 1. The van der Waals surface area contributed by atoms with Crippen LogP contribution in [0, 0.1) is 0 Å². The Balaban J connectivity index is 1.70. The van der Waals surface area contributed by atoms with Crippen LogP contribution in [0.3, 0.4) is 0 Å². The fourth-order valence-corrected chi connectivity index (χ4v) is 3.31. The van der Waals surface area contributed by atoms with Crippen molar-refractivity contribution in [3.63, 3.8) is 0 Å². The number of halogens is 4. The smallest absolute Gasteiger partial charge is 0.495 e. The molecular formula is C16H11ClF3N3O3S. The number of aromatic nitrogens is 1. The lowest BCUT2D eigenvalue weighted by molar-refractivity contribution is -0.274. The molecule has 0 aliphatic carbocycles. The molecule has 0 aliphatic rings. The average molecular weight is 418 g/mol. The van der Waals surface area contributed by atoms with Crippen LogP contribution in [0.5, 0.6) is 11.5 Å². The second kappa shape index (κ2) is 7.49. The third kappa shape index (κ3) is 4.92. The molecule has 0 fully saturated rings. The molecule has 2 amide bonds. The number of amides is 2. The zero-order valence-corrected chi connectivity index (χ0v) is 15.1. The first-order valence-electron chi connectivity index (χ1n) is 7.31. The van der Waals surface area contributed by atoms with E-state index < -0.39 is 12.4 Å². The number of thiazole rings is 1. The van der Waals surface area contributed by atoms with E-state index in [1.165, 1.54) is 25.3 Å². The van der Waals surface area contributed by atoms with Crippen molar-refractivity contribution in [3.05, 3.63) is 41.4 Å². The predicted molar refractivity (Wildman–Crippen MR) is 96.9 cm³/mol. The predicted octanol–water partition coefficient (Wildman–Crippen LogP) is 5.50. The number of hydrogen-bond donors (Lipinski definition) is 2. The number of hydrogen-bond acceptors (Lipinski definition) is 5. The summed E-state index contributed by atoms with van der Waals surface area (Å²) in [6, 6.07) is 7.85. The van der Waals surface area contributed by atoms with Gasteiger partial charge >= 0.3 is 12.4 Å². The number of benzene rings is 2. The lowest BCUT2D eigenvalue weighted by Crippen LogP contribution is -2.19. The van der Waals surface area contributed by atoms with Gasteiger partial charge in [0.1, 0.15) is 11.5 Å². The van der Waals surface area contributed by atoms with Crippen LogP contribution in [0.4, 0.5) is 28.8 Å². The van der Waals surface area contributed by atoms with Crippen molar-refractivity contribution in [1.82, 2.24) is 4.98 Å². The summed E-state index contributed by atoms with van der Waals surface area (Å²) < 4.78 is 46.2. The van der Waals surface area contributed by atoms with Crippen LogP contribution in [-0.4, -0.2) is 24.5 Å². The molecule has 0 unspecified atom stereocenters. The molecule has 0 saturated carbocycles. The van der Waals surface area contributed by atoms with Crippen molar-refractivity contribution < 1.29 is 27.4 Å². The van der Waals surface area contributed by atoms with Crippen LogP contribution in [0.2, 0.25) is 5.02 Å². The van der Waals surface area contributed by atoms with E-state index in [9.17, 15) is 18.0 Å². The number of fused-ring (bicyclic) bond motifs is 1. The van der Waals surface area contributed by atoms with Gasteiger partial charge in [0.25, 0.3) is 0 Å². The normalized spacial score (nSPS) is 11.3. The first-order valence-corrected chi connectivity index (χ1v) is 8.51. The number of ether oxygens (including phenoxy) is 2. The third-order valence-electron chi connectivity index (χ3n) is 3.22. The number of carbonyl (C=O) groups is 1. The van der Waals surface area contributed by atoms with Crippen molar-refractivity contribution in [2.45, 2.75) is 6.36 Å². The fourth-order valence-electron chi connectivity index (χ4n) is 2.16. The molecule has 0 saturated heterocycles. The highest BCUT2D eigenvalue weighted by atomic mass is 35.5. The summed E-state index contributed by atoms with van der Waals surface area (Å²) in [5, 5.41) is 5.63. The highest BCUT2D eigenvalue weighted by Crippen LogP contribution is 2.32. The zero-order valence-electron chi connectivity index (χ0n) is 13.6. The third-order valence-corrected chi connectivity index (χ3v) is 4.45. The van der Waals surface area contributed by atoms with Gasteiger partial charge in [-0.05, 0) is 30.3 Å². The summed E-state index contributed by atoms with van der Waals surface area (Å²) in [5.74, 6) is 0.105. The van der Waals surface area contributed by atoms with E-state index in [2.05, 4.69) is 20.4 Å². The number of rotatable bonds is 4. The van der Waals surface area contributed by atoms with Gasteiger partial charge in [-0.15, -0.1) is 13.2 Å². The van der Waals surface area contributed by atoms with Crippen molar-refractivity contribution >= 4 is 50.0 Å². The van der Waals surface area contributed by atoms with Crippen LogP contribution in [0.25, 0.3) is 10.2 Å². The van der Waals surface area contributed by atoms with Crippen LogP contribution in [0.1, 0.15) is 0 Å². The average Bonchev–Trinajstić information content (AvgIpc) is 2.94. The van der Waals surface area contributed by atoms with E-state index in [1.807, 2.05) is 0 Å². The Morgan fingerprint density at radius 2 is 1.96 bits per heavy atom. The van der Waals surface area contributed by atoms with E-state index in [0.717, 1.165) is 17.4 Å². The number of nitrogens with one attached hydrogen (secondary N) is 2. The first-order chi connectivity index (χ1) is 12.7. The van der Waals surface area contributed by atoms with Gasteiger partial charge in [-0.25, -0.2) is 9.78 Å². The zero-order chi connectivity index (χ0) is 19.6. The van der Waals surface area contributed by atoms with Gasteiger partial charge in [0.15, 0.2) is 5.13 Å². The minimum absolute atomic E-state index is 0.214. The molecule has 2 aromatic carbocycles. The number of carbonyl (C=O) groups excluding carboxylic acids is 1. The van der Waals surface area contributed by atoms with Crippen LogP contribution >= 0.6 is 22.9 Å². The van der Waals surface area contributed by atoms with Gasteiger partial charge in [0, 0.05) is 11.8 Å². The molecule has 0 spiro atoms. The van der Waals surface area contributed by atoms with E-state index in [4.69, 9.17) is 16.3 Å². The van der Waals surface area contributed by atoms with Gasteiger partial charge in [0.05, 0.1) is 22.3 Å². The van der Waals surface area contributed by atoms with Gasteiger partial charge in [-0.1, -0.05) is 22.9 Å². The van der Waals surface area contributed by atoms with Gasteiger partial charge in [-0.3, -0.25) is 5.32 Å². The second-order valence-corrected chi connectivity index (χ2v) is 6.56. The van der Waals surface area contributed by atoms with E-state index in [0.29, 0.717) is 26.7 Å². The second-order valence-electron chi connectivity index (χ2n) is 5.12. The first kappa shape index (κ1) is 19.1. The Hall–Kier alpha value is -2.72. The number of nitrogens with zero attached hydrogens (tertiary/aromatic N) is 1. The Morgan fingerprint density at radius 1 is 1.19 bits per heavy atom. The molecule has 3 rings (SSSR count). The highest BCUT2D eigenvalue weighted by molar-refractivity contribution is 7.22. The van der Waals surface area contributed by atoms with Gasteiger partial charge in [-0.2, -0.15) is 0 Å². The highest BCUT2D eigenvalue weighted by Gasteiger charge is 2.31. The minimum atomic E-state index is -4.78. The summed E-state index contributed by atoms with van der Waals surface area (Å²) in [5.41, 5.74) is 0.859. The monoisotopic (exact) mass is 417 g/mol. The molecule has 142 valence electrons. The van der Waals surface area contributed by atoms with Crippen molar-refractivity contribution in [3.8, 4) is 11.5 Å². The van der Waals surface area contributed by atoms with Gasteiger partial charge < -0.3 is 14.8 Å². The van der Waals surface area contributed by atoms with E-state index >= 15 is 0 Å². The number of alkyl halides is 3. The standard InChI is InChI=1S/C16H11ClF3N3O3S/c1-25-12-5-2-8(6-10(12)17)21-14(24)23-15-22-11-4-3-9(7-13(11)27-15)26-16(18,19)20/h2-7H,1H3,(H2,21,22,23,24). The largest absolute Gasteiger partial charge is 0.573 e. The van der Waals surface area contributed by atoms with Crippen LogP contribution in [0.15, 0.2) is 36.4 Å². The molecule has 2 N–H and O–H groups in total. The van der Waals surface area contributed by atoms with Crippen LogP contribution in [-0.2, 0) is 0 Å². The minimum Gasteiger partial charge on any atom is -0.495 e. The molecule has 27 heavy (non-hydrogen) atoms. The quantitative estimate of drug-likeness (QED) is 0.588. The molecule has 0 aliphatic heterocycles. The van der Waals surface area contributed by atoms with E-state index in [1.54, 1.807) is 12.1 Å². The Bertz CT molecular complexity index is 994. The topological polar surface area (TPSA) is 72.5 Å². The molecular weight excluding hydrogens is 407 g/mol. The maximum absolute atomic E-state index is 12.3. The van der Waals surface area contributed by atoms with Crippen molar-refractivity contribution in [1.29, 1.82) is 0 Å². The molecule has 0 atom stereocenters. The molecule has 0 bridgehead atoms. The van der Waals surface area contributed by atoms with E-state index in [-0.39, 0.29) is 10.9 Å². The maximum Gasteiger partial charge on any atom is 0.573 e. The molecule has 6 nitrogen and oxygen atoms in total. The Kier molecular flexibility index (Phi) is 5.29. The molecule has 1 heterocycles. The van der Waals surface area contributed by atoms with Crippen LogP contribution < -0.4 is 20.1 Å². The summed E-state index contributed by atoms with van der Waals surface area (Å²) in [6.45, 7) is 0.